The Hall–Kier alpha value is -3.96. The number of nitrogens with zero attached hydrogens (tertiary/aromatic N) is 3. The molecule has 7 nitrogen and oxygen atoms in total. The lowest BCUT2D eigenvalue weighted by molar-refractivity contribution is -0.144. The van der Waals surface area contributed by atoms with E-state index in [1.54, 1.807) is 32.2 Å². The van der Waals surface area contributed by atoms with Crippen molar-refractivity contribution in [3.05, 3.63) is 87.1 Å². The number of aryl methyl sites for hydroxylation is 2. The van der Waals surface area contributed by atoms with Gasteiger partial charge in [0.15, 0.2) is 0 Å². The first-order valence-corrected chi connectivity index (χ1v) is 13.1. The van der Waals surface area contributed by atoms with Crippen LogP contribution in [0.25, 0.3) is 0 Å². The monoisotopic (exact) mass is 515 g/mol. The van der Waals surface area contributed by atoms with Crippen LogP contribution in [0.2, 0.25) is 0 Å². The van der Waals surface area contributed by atoms with Crippen molar-refractivity contribution in [3.63, 3.8) is 0 Å². The molecule has 2 aromatic carbocycles. The summed E-state index contributed by atoms with van der Waals surface area (Å²) in [4.78, 5) is 44.4. The smallest absolute Gasteiger partial charge is 0.307 e. The third-order valence-electron chi connectivity index (χ3n) is 6.53. The Bertz CT molecular complexity index is 1340. The lowest BCUT2D eigenvalue weighted by Gasteiger charge is -2.34. The molecule has 4 rings (SSSR count). The number of hydrogen-bond donors (Lipinski definition) is 0. The van der Waals surface area contributed by atoms with E-state index in [1.165, 1.54) is 9.80 Å². The molecule has 0 fully saturated rings. The first-order valence-electron chi connectivity index (χ1n) is 12.2. The van der Waals surface area contributed by atoms with Crippen LogP contribution in [0, 0.1) is 11.3 Å². The fourth-order valence-corrected chi connectivity index (χ4v) is 5.48. The zero-order chi connectivity index (χ0) is 26.5. The normalized spacial score (nSPS) is 16.1. The van der Waals surface area contributed by atoms with Gasteiger partial charge in [-0.1, -0.05) is 36.4 Å². The van der Waals surface area contributed by atoms with Crippen molar-refractivity contribution in [1.82, 2.24) is 4.90 Å². The highest BCUT2D eigenvalue weighted by molar-refractivity contribution is 7.10. The molecule has 2 unspecified atom stereocenters. The van der Waals surface area contributed by atoms with E-state index >= 15 is 0 Å². The third-order valence-corrected chi connectivity index (χ3v) is 7.53. The first kappa shape index (κ1) is 26.1. The van der Waals surface area contributed by atoms with Gasteiger partial charge >= 0.3 is 5.97 Å². The zero-order valence-corrected chi connectivity index (χ0v) is 22.0. The highest BCUT2D eigenvalue weighted by Crippen LogP contribution is 2.36. The average molecular weight is 516 g/mol. The summed E-state index contributed by atoms with van der Waals surface area (Å²) in [6.07, 6.45) is 1.41. The zero-order valence-electron chi connectivity index (χ0n) is 21.1. The van der Waals surface area contributed by atoms with Gasteiger partial charge in [-0.2, -0.15) is 5.26 Å². The molecule has 0 bridgehead atoms. The van der Waals surface area contributed by atoms with Gasteiger partial charge in [-0.25, -0.2) is 0 Å². The van der Waals surface area contributed by atoms with E-state index < -0.39 is 18.1 Å². The molecule has 8 heteroatoms. The summed E-state index contributed by atoms with van der Waals surface area (Å²) in [5.74, 6) is -0.964. The van der Waals surface area contributed by atoms with E-state index in [1.807, 2.05) is 60.0 Å². The number of likely N-dealkylation sites (N-methyl/N-ethyl adjacent to an activating group) is 1. The second kappa shape index (κ2) is 11.4. The maximum Gasteiger partial charge on any atom is 0.307 e. The van der Waals surface area contributed by atoms with Crippen molar-refractivity contribution in [2.45, 2.75) is 45.2 Å². The number of thiophene rings is 1. The molecule has 3 aromatic rings. The summed E-state index contributed by atoms with van der Waals surface area (Å²) in [5, 5.41) is 10.9. The van der Waals surface area contributed by atoms with E-state index in [-0.39, 0.29) is 24.8 Å². The number of carbonyl (C=O) groups excluding carboxylic acids is 3. The fourth-order valence-electron chi connectivity index (χ4n) is 4.67. The van der Waals surface area contributed by atoms with Crippen LogP contribution in [0.15, 0.2) is 60.0 Å². The maximum absolute atomic E-state index is 14.1. The van der Waals surface area contributed by atoms with Gasteiger partial charge in [0.05, 0.1) is 35.9 Å². The molecule has 190 valence electrons. The van der Waals surface area contributed by atoms with Gasteiger partial charge in [-0.15, -0.1) is 11.3 Å². The van der Waals surface area contributed by atoms with Crippen LogP contribution in [0.1, 0.15) is 58.2 Å². The third kappa shape index (κ3) is 5.57. The molecular formula is C29H29N3O4S. The highest BCUT2D eigenvalue weighted by atomic mass is 32.1. The van der Waals surface area contributed by atoms with Gasteiger partial charge in [0.2, 0.25) is 0 Å². The second-order valence-corrected chi connectivity index (χ2v) is 10.0. The Morgan fingerprint density at radius 2 is 1.89 bits per heavy atom. The molecule has 37 heavy (non-hydrogen) atoms. The van der Waals surface area contributed by atoms with Crippen molar-refractivity contribution in [3.8, 4) is 6.07 Å². The van der Waals surface area contributed by atoms with E-state index in [9.17, 15) is 14.4 Å². The summed E-state index contributed by atoms with van der Waals surface area (Å²) >= 11 is 1.54. The number of carbonyl (C=O) groups is 3. The SMILES string of the molecule is CCOC(=O)CC(C)N1C(=O)c2cc(CCc3cc(C#N)cs3)ccc2N(C)C(=O)C1c1ccccc1. The average Bonchev–Trinajstić information content (AvgIpc) is 3.35. The second-order valence-electron chi connectivity index (χ2n) is 9.05. The number of nitriles is 1. The summed E-state index contributed by atoms with van der Waals surface area (Å²) < 4.78 is 5.14. The molecule has 2 amide bonds. The maximum atomic E-state index is 14.1. The van der Waals surface area contributed by atoms with Gasteiger partial charge < -0.3 is 14.5 Å². The Morgan fingerprint density at radius 1 is 1.14 bits per heavy atom. The van der Waals surface area contributed by atoms with Gasteiger partial charge in [-0.3, -0.25) is 14.4 Å². The summed E-state index contributed by atoms with van der Waals surface area (Å²) in [5.41, 5.74) is 3.24. The van der Waals surface area contributed by atoms with E-state index in [0.717, 1.165) is 16.9 Å². The Morgan fingerprint density at radius 3 is 2.57 bits per heavy atom. The van der Waals surface area contributed by atoms with Crippen LogP contribution < -0.4 is 4.90 Å². The first-order chi connectivity index (χ1) is 17.8. The molecule has 0 radical (unpaired) electrons. The minimum Gasteiger partial charge on any atom is -0.466 e. The van der Waals surface area contributed by atoms with E-state index in [4.69, 9.17) is 10.00 Å². The summed E-state index contributed by atoms with van der Waals surface area (Å²) in [6.45, 7) is 3.76. The molecule has 0 saturated carbocycles. The van der Waals surface area contributed by atoms with Gasteiger partial charge in [0.1, 0.15) is 6.04 Å². The number of anilines is 1. The quantitative estimate of drug-likeness (QED) is 0.398. The van der Waals surface area contributed by atoms with Crippen molar-refractivity contribution >= 4 is 34.8 Å². The Balaban J connectivity index is 1.72. The predicted molar refractivity (Wildman–Crippen MR) is 142 cm³/mol. The Kier molecular flexibility index (Phi) is 8.04. The minimum atomic E-state index is -0.880. The number of esters is 1. The number of hydrogen-bond acceptors (Lipinski definition) is 6. The van der Waals surface area contributed by atoms with Crippen LogP contribution in [-0.4, -0.2) is 42.4 Å². The van der Waals surface area contributed by atoms with Gasteiger partial charge in [-0.05, 0) is 56.0 Å². The molecule has 1 aliphatic rings. The van der Waals surface area contributed by atoms with Gasteiger partial charge in [0.25, 0.3) is 11.8 Å². The van der Waals surface area contributed by atoms with Crippen LogP contribution >= 0.6 is 11.3 Å². The van der Waals surface area contributed by atoms with Gasteiger partial charge in [0, 0.05) is 23.3 Å². The molecule has 1 aromatic heterocycles. The highest BCUT2D eigenvalue weighted by Gasteiger charge is 2.42. The molecule has 0 spiro atoms. The summed E-state index contributed by atoms with van der Waals surface area (Å²) in [7, 11) is 1.68. The molecule has 0 aliphatic carbocycles. The summed E-state index contributed by atoms with van der Waals surface area (Å²) in [6, 6.07) is 17.4. The largest absolute Gasteiger partial charge is 0.466 e. The molecule has 0 saturated heterocycles. The van der Waals surface area contributed by atoms with Crippen molar-refractivity contribution in [2.24, 2.45) is 0 Å². The molecule has 1 aliphatic heterocycles. The lowest BCUT2D eigenvalue weighted by Crippen LogP contribution is -2.46. The van der Waals surface area contributed by atoms with Crippen molar-refractivity contribution < 1.29 is 19.1 Å². The number of benzene rings is 2. The molecule has 2 atom stereocenters. The van der Waals surface area contributed by atoms with Crippen LogP contribution in [0.3, 0.4) is 0 Å². The number of ether oxygens (including phenoxy) is 1. The van der Waals surface area contributed by atoms with E-state index in [2.05, 4.69) is 6.07 Å². The van der Waals surface area contributed by atoms with Crippen molar-refractivity contribution in [2.75, 3.05) is 18.6 Å². The van der Waals surface area contributed by atoms with Crippen LogP contribution in [0.5, 0.6) is 0 Å². The molecule has 2 heterocycles. The molecular weight excluding hydrogens is 486 g/mol. The lowest BCUT2D eigenvalue weighted by atomic mass is 10.00. The topological polar surface area (TPSA) is 90.7 Å². The number of amides is 2. The minimum absolute atomic E-state index is 0.0193. The fraction of sp³-hybridized carbons (Fsp3) is 0.310. The van der Waals surface area contributed by atoms with Crippen LogP contribution in [-0.2, 0) is 27.2 Å². The predicted octanol–water partition coefficient (Wildman–Crippen LogP) is 4.91. The molecule has 0 N–H and O–H groups in total. The standard InChI is InChI=1S/C29H29N3O4S/c1-4-36-26(33)14-19(2)32-27(22-8-6-5-7-9-22)29(35)31(3)25-13-11-20(16-24(25)28(32)34)10-12-23-15-21(17-30)18-37-23/h5-9,11,13,15-16,18-19,27H,4,10,12,14H2,1-3H3. The van der Waals surface area contributed by atoms with E-state index in [0.29, 0.717) is 28.8 Å². The van der Waals surface area contributed by atoms with Crippen molar-refractivity contribution in [1.29, 1.82) is 5.26 Å². The number of rotatable bonds is 8. The number of fused-ring (bicyclic) bond motifs is 1. The Labute approximate surface area is 220 Å². The van der Waals surface area contributed by atoms with Crippen LogP contribution in [0.4, 0.5) is 5.69 Å².